The van der Waals surface area contributed by atoms with Crippen molar-refractivity contribution in [2.24, 2.45) is 52.3 Å². The van der Waals surface area contributed by atoms with E-state index < -0.39 is 0 Å². The highest BCUT2D eigenvalue weighted by atomic mass is 16.3. The third kappa shape index (κ3) is 2.01. The molecule has 1 spiro atoms. The number of carbonyl (C=O) groups is 1. The van der Waals surface area contributed by atoms with Crippen LogP contribution in [0.3, 0.4) is 0 Å². The Morgan fingerprint density at radius 3 is 2.73 bits per heavy atom. The van der Waals surface area contributed by atoms with Crippen LogP contribution in [-0.4, -0.2) is 17.0 Å². The molecule has 2 heteroatoms. The van der Waals surface area contributed by atoms with Gasteiger partial charge in [0.2, 0.25) is 0 Å². The molecule has 0 aromatic carbocycles. The zero-order valence-electron chi connectivity index (χ0n) is 16.5. The van der Waals surface area contributed by atoms with Crippen LogP contribution >= 0.6 is 0 Å². The van der Waals surface area contributed by atoms with Crippen LogP contribution in [0.2, 0.25) is 0 Å². The first-order valence-corrected chi connectivity index (χ1v) is 11.7. The van der Waals surface area contributed by atoms with Gasteiger partial charge in [-0.2, -0.15) is 0 Å². The Morgan fingerprint density at radius 2 is 1.85 bits per heavy atom. The third-order valence-corrected chi connectivity index (χ3v) is 10.9. The maximum atomic E-state index is 13.0. The van der Waals surface area contributed by atoms with Crippen LogP contribution in [0.25, 0.3) is 0 Å². The summed E-state index contributed by atoms with van der Waals surface area (Å²) in [5.41, 5.74) is 0.879. The highest BCUT2D eigenvalue weighted by molar-refractivity contribution is 5.88. The Balaban J connectivity index is 1.33. The molecular formula is C24H36O2. The van der Waals surface area contributed by atoms with E-state index in [0.717, 1.165) is 42.4 Å². The maximum Gasteiger partial charge on any atom is 0.139 e. The molecule has 0 aromatic rings. The molecule has 6 rings (SSSR count). The van der Waals surface area contributed by atoms with Crippen LogP contribution in [0, 0.1) is 52.3 Å². The molecule has 6 saturated carbocycles. The Kier molecular flexibility index (Phi) is 3.42. The SMILES string of the molecule is C[C@]12CCC[C@@H](O)C[C@@H]1CCC1C3CC[C@@H]4C(=O)[C@@H]5CC5C[C@]34CCC12. The molecule has 6 aliphatic rings. The lowest BCUT2D eigenvalue weighted by atomic mass is 9.44. The number of fused-ring (bicyclic) bond motifs is 5. The molecule has 6 fully saturated rings. The molecule has 0 aliphatic heterocycles. The molecule has 0 saturated heterocycles. The third-order valence-electron chi connectivity index (χ3n) is 10.9. The second kappa shape index (κ2) is 5.37. The molecule has 0 heterocycles. The number of ketones is 1. The highest BCUT2D eigenvalue weighted by Gasteiger charge is 2.67. The molecule has 0 aromatic heterocycles. The van der Waals surface area contributed by atoms with E-state index in [2.05, 4.69) is 6.92 Å². The van der Waals surface area contributed by atoms with E-state index in [9.17, 15) is 9.90 Å². The van der Waals surface area contributed by atoms with Crippen molar-refractivity contribution >= 4 is 5.78 Å². The predicted octanol–water partition coefficient (Wildman–Crippen LogP) is 4.99. The zero-order chi connectivity index (χ0) is 17.7. The first-order chi connectivity index (χ1) is 12.5. The molecule has 144 valence electrons. The number of hydrogen-bond acceptors (Lipinski definition) is 2. The van der Waals surface area contributed by atoms with Crippen LogP contribution in [0.15, 0.2) is 0 Å². The minimum Gasteiger partial charge on any atom is -0.393 e. The molecule has 10 atom stereocenters. The molecular weight excluding hydrogens is 320 g/mol. The number of Topliss-reactive ketones (excluding diaryl/α,β-unsaturated/α-hetero) is 1. The fourth-order valence-corrected chi connectivity index (χ4v) is 9.68. The van der Waals surface area contributed by atoms with Crippen LogP contribution in [0.1, 0.15) is 84.0 Å². The van der Waals surface area contributed by atoms with Crippen LogP contribution in [0.4, 0.5) is 0 Å². The lowest BCUT2D eigenvalue weighted by molar-refractivity contribution is -0.143. The Bertz CT molecular complexity index is 628. The van der Waals surface area contributed by atoms with Gasteiger partial charge in [0.25, 0.3) is 0 Å². The van der Waals surface area contributed by atoms with Crippen molar-refractivity contribution in [3.8, 4) is 0 Å². The van der Waals surface area contributed by atoms with E-state index in [1.54, 1.807) is 0 Å². The van der Waals surface area contributed by atoms with E-state index >= 15 is 0 Å². The summed E-state index contributed by atoms with van der Waals surface area (Å²) in [6.07, 6.45) is 15.2. The van der Waals surface area contributed by atoms with Gasteiger partial charge in [0, 0.05) is 11.8 Å². The van der Waals surface area contributed by atoms with Gasteiger partial charge in [0.05, 0.1) is 6.10 Å². The van der Waals surface area contributed by atoms with E-state index in [1.807, 2.05) is 0 Å². The minimum atomic E-state index is -0.0491. The van der Waals surface area contributed by atoms with Crippen LogP contribution in [-0.2, 0) is 4.79 Å². The van der Waals surface area contributed by atoms with Crippen molar-refractivity contribution < 1.29 is 9.90 Å². The summed E-state index contributed by atoms with van der Waals surface area (Å²) in [4.78, 5) is 13.0. The second-order valence-corrected chi connectivity index (χ2v) is 11.5. The number of aliphatic hydroxyl groups is 1. The standard InChI is InChI=1S/C24H36O2/c1-23-9-2-3-16(25)12-15(23)4-5-17-19(23)8-10-24-13-14-11-18(14)22(26)21(24)7-6-20(17)24/h14-21,25H,2-13H2,1H3/t14?,15-,16+,17?,18+,19?,20?,21+,23-,24+/m0/s1. The summed E-state index contributed by atoms with van der Waals surface area (Å²) in [7, 11) is 0. The Hall–Kier alpha value is -0.370. The summed E-state index contributed by atoms with van der Waals surface area (Å²) in [5.74, 6) is 5.74. The van der Waals surface area contributed by atoms with Gasteiger partial charge in [-0.15, -0.1) is 0 Å². The first-order valence-electron chi connectivity index (χ1n) is 11.7. The molecule has 1 N–H and O–H groups in total. The lowest BCUT2D eigenvalue weighted by Crippen LogP contribution is -2.54. The molecule has 0 amide bonds. The minimum absolute atomic E-state index is 0.0491. The quantitative estimate of drug-likeness (QED) is 0.664. The van der Waals surface area contributed by atoms with E-state index in [1.165, 1.54) is 64.2 Å². The molecule has 4 unspecified atom stereocenters. The topological polar surface area (TPSA) is 37.3 Å². The van der Waals surface area contributed by atoms with Crippen molar-refractivity contribution in [3.63, 3.8) is 0 Å². The second-order valence-electron chi connectivity index (χ2n) is 11.5. The fraction of sp³-hybridized carbons (Fsp3) is 0.958. The van der Waals surface area contributed by atoms with Gasteiger partial charge < -0.3 is 5.11 Å². The van der Waals surface area contributed by atoms with Gasteiger partial charge in [-0.25, -0.2) is 0 Å². The molecule has 6 aliphatic carbocycles. The number of aliphatic hydroxyl groups excluding tert-OH is 1. The lowest BCUT2D eigenvalue weighted by Gasteiger charge is -2.60. The average molecular weight is 357 g/mol. The fourth-order valence-electron chi connectivity index (χ4n) is 9.68. The smallest absolute Gasteiger partial charge is 0.139 e. The largest absolute Gasteiger partial charge is 0.393 e. The van der Waals surface area contributed by atoms with Crippen molar-refractivity contribution in [1.29, 1.82) is 0 Å². The van der Waals surface area contributed by atoms with Crippen molar-refractivity contribution in [3.05, 3.63) is 0 Å². The van der Waals surface area contributed by atoms with Gasteiger partial charge in [-0.05, 0) is 111 Å². The summed E-state index contributed by atoms with van der Waals surface area (Å²) >= 11 is 0. The maximum absolute atomic E-state index is 13.0. The summed E-state index contributed by atoms with van der Waals surface area (Å²) in [6.45, 7) is 2.60. The number of carbonyl (C=O) groups excluding carboxylic acids is 1. The molecule has 0 radical (unpaired) electrons. The van der Waals surface area contributed by atoms with Gasteiger partial charge in [-0.3, -0.25) is 4.79 Å². The molecule has 2 nitrogen and oxygen atoms in total. The predicted molar refractivity (Wildman–Crippen MR) is 101 cm³/mol. The molecule has 26 heavy (non-hydrogen) atoms. The van der Waals surface area contributed by atoms with Gasteiger partial charge in [0.1, 0.15) is 5.78 Å². The Labute approximate surface area is 158 Å². The van der Waals surface area contributed by atoms with E-state index in [4.69, 9.17) is 0 Å². The van der Waals surface area contributed by atoms with Gasteiger partial charge in [0.15, 0.2) is 0 Å². The summed E-state index contributed by atoms with van der Waals surface area (Å²) in [6, 6.07) is 0. The molecule has 0 bridgehead atoms. The normalized spacial score (nSPS) is 60.8. The van der Waals surface area contributed by atoms with Gasteiger partial charge >= 0.3 is 0 Å². The van der Waals surface area contributed by atoms with Crippen LogP contribution < -0.4 is 0 Å². The summed E-state index contributed by atoms with van der Waals surface area (Å²) < 4.78 is 0. The first kappa shape index (κ1) is 16.6. The zero-order valence-corrected chi connectivity index (χ0v) is 16.5. The van der Waals surface area contributed by atoms with Crippen molar-refractivity contribution in [1.82, 2.24) is 0 Å². The van der Waals surface area contributed by atoms with Gasteiger partial charge in [-0.1, -0.05) is 13.3 Å². The monoisotopic (exact) mass is 356 g/mol. The average Bonchev–Trinajstić information content (AvgIpc) is 3.30. The number of rotatable bonds is 0. The highest BCUT2D eigenvalue weighted by Crippen LogP contribution is 2.72. The van der Waals surface area contributed by atoms with E-state index in [-0.39, 0.29) is 6.10 Å². The van der Waals surface area contributed by atoms with E-state index in [0.29, 0.717) is 28.4 Å². The number of hydrogen-bond donors (Lipinski definition) is 1. The van der Waals surface area contributed by atoms with Crippen molar-refractivity contribution in [2.45, 2.75) is 90.1 Å². The van der Waals surface area contributed by atoms with Crippen molar-refractivity contribution in [2.75, 3.05) is 0 Å². The Morgan fingerprint density at radius 1 is 0.962 bits per heavy atom. The summed E-state index contributed by atoms with van der Waals surface area (Å²) in [5, 5.41) is 10.4. The van der Waals surface area contributed by atoms with Crippen LogP contribution in [0.5, 0.6) is 0 Å².